The molecule has 0 aliphatic rings. The number of pyridine rings is 1. The minimum atomic E-state index is -4.49. The summed E-state index contributed by atoms with van der Waals surface area (Å²) in [5.41, 5.74) is 1.44. The Morgan fingerprint density at radius 3 is 2.61 bits per heavy atom. The van der Waals surface area contributed by atoms with Gasteiger partial charge in [-0.2, -0.15) is 13.2 Å². The number of nitrogens with one attached hydrogen (secondary N) is 1. The summed E-state index contributed by atoms with van der Waals surface area (Å²) in [4.78, 5) is 11.3. The molecule has 3 aromatic rings. The van der Waals surface area contributed by atoms with Gasteiger partial charge in [0.05, 0.1) is 18.2 Å². The summed E-state index contributed by atoms with van der Waals surface area (Å²) in [5, 5.41) is 2.82. The second-order valence-corrected chi connectivity index (χ2v) is 4.70. The van der Waals surface area contributed by atoms with Gasteiger partial charge in [-0.15, -0.1) is 0 Å². The lowest BCUT2D eigenvalue weighted by Crippen LogP contribution is -2.10. The van der Waals surface area contributed by atoms with Crippen molar-refractivity contribution in [3.05, 3.63) is 60.6 Å². The number of aromatic nitrogens is 3. The van der Waals surface area contributed by atoms with E-state index in [1.54, 1.807) is 24.8 Å². The van der Waals surface area contributed by atoms with Crippen molar-refractivity contribution in [2.75, 3.05) is 5.32 Å². The normalized spacial score (nSPS) is 11.4. The largest absolute Gasteiger partial charge is 0.472 e. The molecule has 0 amide bonds. The maximum atomic E-state index is 12.6. The van der Waals surface area contributed by atoms with Gasteiger partial charge in [-0.05, 0) is 17.7 Å². The van der Waals surface area contributed by atoms with Gasteiger partial charge in [-0.1, -0.05) is 6.07 Å². The van der Waals surface area contributed by atoms with Crippen LogP contribution in [0.4, 0.5) is 19.0 Å². The summed E-state index contributed by atoms with van der Waals surface area (Å²) in [6.45, 7) is 0.299. The lowest BCUT2D eigenvalue weighted by Gasteiger charge is -2.09. The van der Waals surface area contributed by atoms with Crippen molar-refractivity contribution in [1.82, 2.24) is 15.0 Å². The lowest BCUT2D eigenvalue weighted by atomic mass is 10.2. The molecular formula is C15H11F3N4O. The SMILES string of the molecule is FC(F)(F)c1cc(NCc2ccc(-c3ccoc3)nc2)ncn1. The Kier molecular flexibility index (Phi) is 3.96. The zero-order valence-electron chi connectivity index (χ0n) is 11.7. The molecular weight excluding hydrogens is 309 g/mol. The van der Waals surface area contributed by atoms with Crippen molar-refractivity contribution >= 4 is 5.82 Å². The highest BCUT2D eigenvalue weighted by molar-refractivity contribution is 5.57. The number of furan rings is 1. The molecule has 3 rings (SSSR count). The van der Waals surface area contributed by atoms with Crippen LogP contribution in [0.1, 0.15) is 11.3 Å². The Balaban J connectivity index is 1.67. The van der Waals surface area contributed by atoms with Gasteiger partial charge in [-0.25, -0.2) is 9.97 Å². The fourth-order valence-corrected chi connectivity index (χ4v) is 1.91. The van der Waals surface area contributed by atoms with Crippen LogP contribution >= 0.6 is 0 Å². The summed E-state index contributed by atoms with van der Waals surface area (Å²) in [5.74, 6) is 0.103. The van der Waals surface area contributed by atoms with Crippen LogP contribution in [0.2, 0.25) is 0 Å². The van der Waals surface area contributed by atoms with E-state index in [1.807, 2.05) is 12.1 Å². The average molecular weight is 320 g/mol. The monoisotopic (exact) mass is 320 g/mol. The fraction of sp³-hybridized carbons (Fsp3) is 0.133. The van der Waals surface area contributed by atoms with E-state index in [4.69, 9.17) is 4.42 Å². The van der Waals surface area contributed by atoms with E-state index in [9.17, 15) is 13.2 Å². The molecule has 0 atom stereocenters. The Labute approximate surface area is 129 Å². The predicted molar refractivity (Wildman–Crippen MR) is 76.3 cm³/mol. The topological polar surface area (TPSA) is 63.8 Å². The van der Waals surface area contributed by atoms with Crippen molar-refractivity contribution in [1.29, 1.82) is 0 Å². The van der Waals surface area contributed by atoms with E-state index in [0.29, 0.717) is 6.54 Å². The molecule has 3 heterocycles. The van der Waals surface area contributed by atoms with Gasteiger partial charge in [0.15, 0.2) is 0 Å². The third-order valence-electron chi connectivity index (χ3n) is 3.07. The summed E-state index contributed by atoms with van der Waals surface area (Å²) >= 11 is 0. The molecule has 0 unspecified atom stereocenters. The van der Waals surface area contributed by atoms with Gasteiger partial charge >= 0.3 is 6.18 Å². The molecule has 0 bridgehead atoms. The zero-order valence-corrected chi connectivity index (χ0v) is 11.7. The first-order valence-electron chi connectivity index (χ1n) is 6.63. The molecule has 0 saturated heterocycles. The van der Waals surface area contributed by atoms with Crippen LogP contribution in [0, 0.1) is 0 Å². The van der Waals surface area contributed by atoms with E-state index < -0.39 is 11.9 Å². The van der Waals surface area contributed by atoms with Crippen LogP contribution in [0.5, 0.6) is 0 Å². The molecule has 1 N–H and O–H groups in total. The Bertz CT molecular complexity index is 770. The third kappa shape index (κ3) is 3.65. The first-order chi connectivity index (χ1) is 11.0. The van der Waals surface area contributed by atoms with Crippen molar-refractivity contribution in [3.63, 3.8) is 0 Å². The highest BCUT2D eigenvalue weighted by atomic mass is 19.4. The summed E-state index contributed by atoms with van der Waals surface area (Å²) < 4.78 is 42.7. The van der Waals surface area contributed by atoms with Gasteiger partial charge in [0, 0.05) is 24.4 Å². The molecule has 8 heteroatoms. The van der Waals surface area contributed by atoms with E-state index >= 15 is 0 Å². The second-order valence-electron chi connectivity index (χ2n) is 4.70. The maximum Gasteiger partial charge on any atom is 0.433 e. The van der Waals surface area contributed by atoms with Crippen molar-refractivity contribution in [3.8, 4) is 11.3 Å². The quantitative estimate of drug-likeness (QED) is 0.793. The molecule has 0 fully saturated rings. The zero-order chi connectivity index (χ0) is 16.3. The van der Waals surface area contributed by atoms with Crippen LogP contribution < -0.4 is 5.32 Å². The van der Waals surface area contributed by atoms with Crippen LogP contribution in [0.25, 0.3) is 11.3 Å². The van der Waals surface area contributed by atoms with Crippen molar-refractivity contribution < 1.29 is 17.6 Å². The number of hydrogen-bond acceptors (Lipinski definition) is 5. The molecule has 0 aliphatic heterocycles. The van der Waals surface area contributed by atoms with E-state index in [-0.39, 0.29) is 5.82 Å². The van der Waals surface area contributed by atoms with Crippen molar-refractivity contribution in [2.45, 2.75) is 12.7 Å². The van der Waals surface area contributed by atoms with Crippen LogP contribution in [-0.2, 0) is 12.7 Å². The van der Waals surface area contributed by atoms with Crippen LogP contribution in [-0.4, -0.2) is 15.0 Å². The summed E-state index contributed by atoms with van der Waals surface area (Å²) in [7, 11) is 0. The standard InChI is InChI=1S/C15H11F3N4O/c16-15(17,18)13-5-14(22-9-21-13)20-7-10-1-2-12(19-6-10)11-3-4-23-8-11/h1-6,8-9H,7H2,(H,20,21,22). The summed E-state index contributed by atoms with van der Waals surface area (Å²) in [6, 6.07) is 6.30. The smallest absolute Gasteiger partial charge is 0.433 e. The number of anilines is 1. The third-order valence-corrected chi connectivity index (χ3v) is 3.07. The number of halogens is 3. The highest BCUT2D eigenvalue weighted by Gasteiger charge is 2.32. The van der Waals surface area contributed by atoms with Crippen molar-refractivity contribution in [2.24, 2.45) is 0 Å². The van der Waals surface area contributed by atoms with Gasteiger partial charge in [0.1, 0.15) is 17.8 Å². The number of nitrogens with zero attached hydrogens (tertiary/aromatic N) is 3. The Morgan fingerprint density at radius 2 is 1.96 bits per heavy atom. The number of rotatable bonds is 4. The summed E-state index contributed by atoms with van der Waals surface area (Å²) in [6.07, 6.45) is 1.17. The Morgan fingerprint density at radius 1 is 1.09 bits per heavy atom. The molecule has 0 saturated carbocycles. The van der Waals surface area contributed by atoms with Gasteiger partial charge in [-0.3, -0.25) is 4.98 Å². The molecule has 0 aliphatic carbocycles. The van der Waals surface area contributed by atoms with E-state index in [0.717, 1.165) is 29.2 Å². The van der Waals surface area contributed by atoms with E-state index in [2.05, 4.69) is 20.3 Å². The van der Waals surface area contributed by atoms with Crippen LogP contribution in [0.15, 0.2) is 53.7 Å². The fourth-order valence-electron chi connectivity index (χ4n) is 1.91. The van der Waals surface area contributed by atoms with Gasteiger partial charge in [0.25, 0.3) is 0 Å². The average Bonchev–Trinajstić information content (AvgIpc) is 3.07. The van der Waals surface area contributed by atoms with Crippen LogP contribution in [0.3, 0.4) is 0 Å². The first kappa shape index (κ1) is 15.0. The number of hydrogen-bond donors (Lipinski definition) is 1. The number of alkyl halides is 3. The highest BCUT2D eigenvalue weighted by Crippen LogP contribution is 2.28. The Hall–Kier alpha value is -2.90. The second kappa shape index (κ2) is 6.07. The predicted octanol–water partition coefficient (Wildman–Crippen LogP) is 3.76. The molecule has 3 aromatic heterocycles. The minimum Gasteiger partial charge on any atom is -0.472 e. The lowest BCUT2D eigenvalue weighted by molar-refractivity contribution is -0.141. The maximum absolute atomic E-state index is 12.6. The van der Waals surface area contributed by atoms with E-state index in [1.165, 1.54) is 0 Å². The molecule has 118 valence electrons. The molecule has 0 aromatic carbocycles. The molecule has 0 spiro atoms. The molecule has 5 nitrogen and oxygen atoms in total. The van der Waals surface area contributed by atoms with Gasteiger partial charge in [0.2, 0.25) is 0 Å². The first-order valence-corrected chi connectivity index (χ1v) is 6.63. The molecule has 23 heavy (non-hydrogen) atoms. The minimum absolute atomic E-state index is 0.103. The van der Waals surface area contributed by atoms with Gasteiger partial charge < -0.3 is 9.73 Å². The molecule has 0 radical (unpaired) electrons.